The summed E-state index contributed by atoms with van der Waals surface area (Å²) in [6, 6.07) is 4.16. The third-order valence-corrected chi connectivity index (χ3v) is 2.59. The second-order valence-corrected chi connectivity index (χ2v) is 4.15. The van der Waals surface area contributed by atoms with Crippen LogP contribution in [-0.2, 0) is 4.79 Å². The van der Waals surface area contributed by atoms with E-state index in [1.165, 1.54) is 12.1 Å². The van der Waals surface area contributed by atoms with Gasteiger partial charge in [-0.05, 0) is 25.5 Å². The lowest BCUT2D eigenvalue weighted by molar-refractivity contribution is -0.123. The van der Waals surface area contributed by atoms with Crippen molar-refractivity contribution in [2.75, 3.05) is 6.61 Å². The molecule has 0 saturated heterocycles. The average molecular weight is 260 g/mol. The summed E-state index contributed by atoms with van der Waals surface area (Å²) in [7, 11) is 0. The van der Waals surface area contributed by atoms with Crippen LogP contribution in [0.4, 0.5) is 4.39 Å². The Morgan fingerprint density at radius 2 is 2.29 bits per heavy atom. The van der Waals surface area contributed by atoms with Gasteiger partial charge < -0.3 is 10.1 Å². The summed E-state index contributed by atoms with van der Waals surface area (Å²) >= 11 is 5.52. The zero-order valence-electron chi connectivity index (χ0n) is 9.80. The molecule has 0 aliphatic rings. The lowest BCUT2D eigenvalue weighted by Gasteiger charge is -2.12. The topological polar surface area (TPSA) is 38.3 Å². The summed E-state index contributed by atoms with van der Waals surface area (Å²) in [6.45, 7) is 3.74. The van der Waals surface area contributed by atoms with Crippen LogP contribution >= 0.6 is 11.6 Å². The van der Waals surface area contributed by atoms with E-state index >= 15 is 0 Å². The Labute approximate surface area is 105 Å². The van der Waals surface area contributed by atoms with Crippen LogP contribution in [0.25, 0.3) is 0 Å². The third kappa shape index (κ3) is 4.61. The molecule has 3 nitrogen and oxygen atoms in total. The van der Waals surface area contributed by atoms with Gasteiger partial charge in [-0.1, -0.05) is 18.5 Å². The first-order valence-electron chi connectivity index (χ1n) is 5.40. The smallest absolute Gasteiger partial charge is 0.258 e. The molecule has 0 spiro atoms. The maximum Gasteiger partial charge on any atom is 0.258 e. The summed E-state index contributed by atoms with van der Waals surface area (Å²) in [5.74, 6) is -0.507. The van der Waals surface area contributed by atoms with Gasteiger partial charge >= 0.3 is 0 Å². The molecule has 0 radical (unpaired) electrons. The summed E-state index contributed by atoms with van der Waals surface area (Å²) < 4.78 is 18.2. The number of hydrogen-bond acceptors (Lipinski definition) is 2. The molecular formula is C12H15ClFNO2. The van der Waals surface area contributed by atoms with E-state index < -0.39 is 5.82 Å². The van der Waals surface area contributed by atoms with Gasteiger partial charge in [0.2, 0.25) is 0 Å². The highest BCUT2D eigenvalue weighted by atomic mass is 35.5. The number of carbonyl (C=O) groups is 1. The Morgan fingerprint density at radius 3 is 2.88 bits per heavy atom. The number of carbonyl (C=O) groups excluding carboxylic acids is 1. The first kappa shape index (κ1) is 13.8. The average Bonchev–Trinajstić information content (AvgIpc) is 2.30. The van der Waals surface area contributed by atoms with Gasteiger partial charge in [-0.15, -0.1) is 0 Å². The maximum absolute atomic E-state index is 13.1. The second kappa shape index (κ2) is 6.45. The van der Waals surface area contributed by atoms with E-state index in [0.717, 1.165) is 12.5 Å². The Kier molecular flexibility index (Phi) is 5.22. The quantitative estimate of drug-likeness (QED) is 0.883. The van der Waals surface area contributed by atoms with Gasteiger partial charge in [0, 0.05) is 12.1 Å². The predicted octanol–water partition coefficient (Wildman–Crippen LogP) is 2.77. The van der Waals surface area contributed by atoms with Gasteiger partial charge in [0.05, 0.1) is 5.02 Å². The Hall–Kier alpha value is -1.29. The SMILES string of the molecule is CCC(C)NC(=O)COc1ccc(Cl)c(F)c1. The van der Waals surface area contributed by atoms with Crippen LogP contribution in [0.3, 0.4) is 0 Å². The van der Waals surface area contributed by atoms with E-state index in [0.29, 0.717) is 0 Å². The molecule has 0 fully saturated rings. The van der Waals surface area contributed by atoms with Crippen molar-refractivity contribution < 1.29 is 13.9 Å². The van der Waals surface area contributed by atoms with E-state index in [4.69, 9.17) is 16.3 Å². The number of hydrogen-bond donors (Lipinski definition) is 1. The molecule has 17 heavy (non-hydrogen) atoms. The lowest BCUT2D eigenvalue weighted by atomic mass is 10.2. The first-order chi connectivity index (χ1) is 8.02. The molecule has 1 atom stereocenters. The van der Waals surface area contributed by atoms with Crippen molar-refractivity contribution in [3.05, 3.63) is 29.0 Å². The summed E-state index contributed by atoms with van der Waals surface area (Å²) in [5.41, 5.74) is 0. The Balaban J connectivity index is 2.45. The predicted molar refractivity (Wildman–Crippen MR) is 64.8 cm³/mol. The van der Waals surface area contributed by atoms with Crippen LogP contribution in [-0.4, -0.2) is 18.6 Å². The molecule has 0 saturated carbocycles. The Bertz CT molecular complexity index is 398. The molecule has 1 aromatic carbocycles. The van der Waals surface area contributed by atoms with Crippen molar-refractivity contribution in [1.82, 2.24) is 5.32 Å². The monoisotopic (exact) mass is 259 g/mol. The normalized spacial score (nSPS) is 12.0. The molecule has 0 aliphatic carbocycles. The van der Waals surface area contributed by atoms with E-state index in [9.17, 15) is 9.18 Å². The van der Waals surface area contributed by atoms with Gasteiger partial charge in [-0.25, -0.2) is 4.39 Å². The van der Waals surface area contributed by atoms with Crippen LogP contribution in [0.5, 0.6) is 5.75 Å². The number of ether oxygens (including phenoxy) is 1. The van der Waals surface area contributed by atoms with Crippen molar-refractivity contribution >= 4 is 17.5 Å². The zero-order valence-corrected chi connectivity index (χ0v) is 10.6. The van der Waals surface area contributed by atoms with E-state index in [2.05, 4.69) is 5.32 Å². The molecule has 1 unspecified atom stereocenters. The first-order valence-corrected chi connectivity index (χ1v) is 5.78. The Morgan fingerprint density at radius 1 is 1.59 bits per heavy atom. The number of benzene rings is 1. The van der Waals surface area contributed by atoms with Crippen molar-refractivity contribution in [1.29, 1.82) is 0 Å². The van der Waals surface area contributed by atoms with E-state index in [-0.39, 0.29) is 29.3 Å². The molecule has 0 aromatic heterocycles. The number of rotatable bonds is 5. The van der Waals surface area contributed by atoms with Gasteiger partial charge in [0.15, 0.2) is 6.61 Å². The fourth-order valence-electron chi connectivity index (χ4n) is 1.13. The molecule has 1 N–H and O–H groups in total. The number of halogens is 2. The second-order valence-electron chi connectivity index (χ2n) is 3.74. The maximum atomic E-state index is 13.1. The molecule has 1 rings (SSSR count). The minimum absolute atomic E-state index is 0.0291. The number of amides is 1. The van der Waals surface area contributed by atoms with E-state index in [1.807, 2.05) is 13.8 Å². The van der Waals surface area contributed by atoms with E-state index in [1.54, 1.807) is 0 Å². The molecule has 1 aromatic rings. The minimum Gasteiger partial charge on any atom is -0.484 e. The van der Waals surface area contributed by atoms with Gasteiger partial charge in [0.1, 0.15) is 11.6 Å². The largest absolute Gasteiger partial charge is 0.484 e. The van der Waals surface area contributed by atoms with Gasteiger partial charge in [-0.2, -0.15) is 0 Å². The summed E-state index contributed by atoms with van der Waals surface area (Å²) in [5, 5.41) is 2.77. The standard InChI is InChI=1S/C12H15ClFNO2/c1-3-8(2)15-12(16)7-17-9-4-5-10(13)11(14)6-9/h4-6,8H,3,7H2,1-2H3,(H,15,16). The summed E-state index contributed by atoms with van der Waals surface area (Å²) in [4.78, 5) is 11.4. The zero-order chi connectivity index (χ0) is 12.8. The van der Waals surface area contributed by atoms with Crippen LogP contribution in [0, 0.1) is 5.82 Å². The molecule has 0 bridgehead atoms. The van der Waals surface area contributed by atoms with Crippen LogP contribution < -0.4 is 10.1 Å². The summed E-state index contributed by atoms with van der Waals surface area (Å²) in [6.07, 6.45) is 0.849. The lowest BCUT2D eigenvalue weighted by Crippen LogP contribution is -2.35. The van der Waals surface area contributed by atoms with Crippen LogP contribution in [0.1, 0.15) is 20.3 Å². The van der Waals surface area contributed by atoms with Crippen molar-refractivity contribution in [3.63, 3.8) is 0 Å². The fourth-order valence-corrected chi connectivity index (χ4v) is 1.25. The van der Waals surface area contributed by atoms with Gasteiger partial charge in [0.25, 0.3) is 5.91 Å². The highest BCUT2D eigenvalue weighted by molar-refractivity contribution is 6.30. The third-order valence-electron chi connectivity index (χ3n) is 2.28. The molecule has 1 amide bonds. The van der Waals surface area contributed by atoms with Crippen molar-refractivity contribution in [2.45, 2.75) is 26.3 Å². The molecule has 5 heteroatoms. The molecular weight excluding hydrogens is 245 g/mol. The van der Waals surface area contributed by atoms with Crippen LogP contribution in [0.15, 0.2) is 18.2 Å². The number of nitrogens with one attached hydrogen (secondary N) is 1. The molecule has 0 aliphatic heterocycles. The molecule has 94 valence electrons. The van der Waals surface area contributed by atoms with Crippen LogP contribution in [0.2, 0.25) is 5.02 Å². The van der Waals surface area contributed by atoms with Gasteiger partial charge in [-0.3, -0.25) is 4.79 Å². The van der Waals surface area contributed by atoms with Crippen molar-refractivity contribution in [3.8, 4) is 5.75 Å². The minimum atomic E-state index is -0.563. The van der Waals surface area contributed by atoms with Crippen molar-refractivity contribution in [2.24, 2.45) is 0 Å². The highest BCUT2D eigenvalue weighted by Gasteiger charge is 2.07. The highest BCUT2D eigenvalue weighted by Crippen LogP contribution is 2.20. The fraction of sp³-hybridized carbons (Fsp3) is 0.417. The molecule has 0 heterocycles.